The van der Waals surface area contributed by atoms with Gasteiger partial charge in [-0.15, -0.1) is 0 Å². The van der Waals surface area contributed by atoms with Crippen molar-refractivity contribution < 1.29 is 28.2 Å². The van der Waals surface area contributed by atoms with Gasteiger partial charge >= 0.3 is 5.63 Å². The van der Waals surface area contributed by atoms with Crippen LogP contribution in [0.3, 0.4) is 0 Å². The minimum Gasteiger partial charge on any atom is -0.493 e. The van der Waals surface area contributed by atoms with Crippen LogP contribution < -0.4 is 19.8 Å². The van der Waals surface area contributed by atoms with Crippen molar-refractivity contribution in [2.75, 3.05) is 14.2 Å². The van der Waals surface area contributed by atoms with Crippen LogP contribution in [0.1, 0.15) is 31.7 Å². The molecule has 0 spiro atoms. The number of fused-ring (bicyclic) bond motifs is 2. The Kier molecular flexibility index (Phi) is 4.82. The van der Waals surface area contributed by atoms with Crippen LogP contribution in [0.2, 0.25) is 0 Å². The normalized spacial score (nSPS) is 22.4. The van der Waals surface area contributed by atoms with Gasteiger partial charge in [0.25, 0.3) is 6.47 Å². The highest BCUT2D eigenvalue weighted by Gasteiger charge is 2.47. The zero-order valence-electron chi connectivity index (χ0n) is 16.5. The fraction of sp³-hybridized carbons (Fsp3) is 0.364. The van der Waals surface area contributed by atoms with Crippen LogP contribution in [0.4, 0.5) is 0 Å². The summed E-state index contributed by atoms with van der Waals surface area (Å²) < 4.78 is 27.7. The van der Waals surface area contributed by atoms with E-state index >= 15 is 0 Å². The standard InChI is InChI=1S/C22H22O7/c1-22-14(5-4-6-20(22)27-12-23)10-15-18(29-22)11-17(28-21(15)24)13-7-8-16(25-2)19(9-13)26-3/h7-12,20H,4-6H2,1-3H3/t20-,22+/m0/s1. The van der Waals surface area contributed by atoms with Crippen LogP contribution in [0.25, 0.3) is 17.4 Å². The molecule has 1 aliphatic heterocycles. The Morgan fingerprint density at radius 1 is 1.17 bits per heavy atom. The molecular weight excluding hydrogens is 376 g/mol. The van der Waals surface area contributed by atoms with E-state index in [1.54, 1.807) is 31.4 Å². The van der Waals surface area contributed by atoms with Crippen molar-refractivity contribution in [2.24, 2.45) is 0 Å². The second-order valence-electron chi connectivity index (χ2n) is 7.24. The zero-order chi connectivity index (χ0) is 20.6. The fourth-order valence-electron chi connectivity index (χ4n) is 4.05. The van der Waals surface area contributed by atoms with Crippen molar-refractivity contribution in [3.63, 3.8) is 0 Å². The third-order valence-electron chi connectivity index (χ3n) is 5.64. The summed E-state index contributed by atoms with van der Waals surface area (Å²) in [6, 6.07) is 6.93. The first-order chi connectivity index (χ1) is 14.0. The topological polar surface area (TPSA) is 84.2 Å². The number of carbonyl (C=O) groups is 1. The van der Waals surface area contributed by atoms with Gasteiger partial charge in [0.2, 0.25) is 0 Å². The second kappa shape index (κ2) is 7.31. The average molecular weight is 398 g/mol. The number of rotatable bonds is 5. The molecule has 7 heteroatoms. The van der Waals surface area contributed by atoms with E-state index in [1.165, 1.54) is 7.11 Å². The van der Waals surface area contributed by atoms with Crippen LogP contribution in [0, 0.1) is 0 Å². The maximum Gasteiger partial charge on any atom is 0.347 e. The number of hydrogen-bond donors (Lipinski definition) is 0. The smallest absolute Gasteiger partial charge is 0.347 e. The lowest BCUT2D eigenvalue weighted by Crippen LogP contribution is -2.51. The Morgan fingerprint density at radius 2 is 1.97 bits per heavy atom. The lowest BCUT2D eigenvalue weighted by Gasteiger charge is -2.44. The lowest BCUT2D eigenvalue weighted by molar-refractivity contribution is -0.145. The molecule has 2 aliphatic rings. The van der Waals surface area contributed by atoms with E-state index < -0.39 is 17.3 Å². The van der Waals surface area contributed by atoms with Crippen LogP contribution in [0.15, 0.2) is 39.1 Å². The average Bonchev–Trinajstić information content (AvgIpc) is 2.72. The highest BCUT2D eigenvalue weighted by Crippen LogP contribution is 2.44. The molecule has 152 valence electrons. The van der Waals surface area contributed by atoms with Gasteiger partial charge in [-0.3, -0.25) is 4.79 Å². The molecule has 1 aliphatic carbocycles. The maximum atomic E-state index is 12.7. The van der Waals surface area contributed by atoms with Crippen molar-refractivity contribution >= 4 is 12.5 Å². The minimum atomic E-state index is -0.811. The molecular formula is C22H22O7. The molecule has 1 aromatic heterocycles. The number of hydrogen-bond acceptors (Lipinski definition) is 7. The summed E-state index contributed by atoms with van der Waals surface area (Å²) in [5.74, 6) is 1.84. The molecule has 1 aromatic carbocycles. The predicted octanol–water partition coefficient (Wildman–Crippen LogP) is 3.58. The summed E-state index contributed by atoms with van der Waals surface area (Å²) in [5.41, 5.74) is 0.646. The molecule has 7 nitrogen and oxygen atoms in total. The first-order valence-electron chi connectivity index (χ1n) is 9.40. The summed E-state index contributed by atoms with van der Waals surface area (Å²) in [4.78, 5) is 23.6. The summed E-state index contributed by atoms with van der Waals surface area (Å²) >= 11 is 0. The molecule has 0 N–H and O–H groups in total. The molecule has 0 radical (unpaired) electrons. The highest BCUT2D eigenvalue weighted by atomic mass is 16.6. The van der Waals surface area contributed by atoms with Gasteiger partial charge in [-0.1, -0.05) is 0 Å². The maximum absolute atomic E-state index is 12.7. The molecule has 0 saturated heterocycles. The van der Waals surface area contributed by atoms with Crippen molar-refractivity contribution in [3.8, 4) is 28.6 Å². The summed E-state index contributed by atoms with van der Waals surface area (Å²) in [6.07, 6.45) is 3.72. The number of carbonyl (C=O) groups excluding carboxylic acids is 1. The van der Waals surface area contributed by atoms with E-state index in [9.17, 15) is 9.59 Å². The van der Waals surface area contributed by atoms with E-state index in [-0.39, 0.29) is 0 Å². The number of benzene rings is 1. The van der Waals surface area contributed by atoms with E-state index in [0.29, 0.717) is 47.0 Å². The Hall–Kier alpha value is -3.22. The molecule has 0 amide bonds. The van der Waals surface area contributed by atoms with Gasteiger partial charge in [0.15, 0.2) is 17.1 Å². The van der Waals surface area contributed by atoms with Crippen LogP contribution in [0.5, 0.6) is 17.2 Å². The SMILES string of the molecule is COc1ccc(-c2cc3c(c(=O)o2)C=C2CCC[C@H](OC=O)[C@]2(C)O3)cc1OC. The van der Waals surface area contributed by atoms with Crippen molar-refractivity contribution in [2.45, 2.75) is 37.9 Å². The van der Waals surface area contributed by atoms with E-state index in [2.05, 4.69) is 0 Å². The summed E-state index contributed by atoms with van der Waals surface area (Å²) in [5, 5.41) is 0. The van der Waals surface area contributed by atoms with Crippen LogP contribution >= 0.6 is 0 Å². The third-order valence-corrected chi connectivity index (χ3v) is 5.64. The van der Waals surface area contributed by atoms with E-state index in [0.717, 1.165) is 18.4 Å². The quantitative estimate of drug-likeness (QED) is 0.712. The third kappa shape index (κ3) is 3.16. The molecule has 1 fully saturated rings. The summed E-state index contributed by atoms with van der Waals surface area (Å²) in [7, 11) is 3.09. The number of ether oxygens (including phenoxy) is 4. The predicted molar refractivity (Wildman–Crippen MR) is 105 cm³/mol. The van der Waals surface area contributed by atoms with Crippen LogP contribution in [-0.2, 0) is 9.53 Å². The molecule has 4 rings (SSSR count). The Labute approximate surface area is 167 Å². The van der Waals surface area contributed by atoms with Gasteiger partial charge in [0.05, 0.1) is 14.2 Å². The first kappa shape index (κ1) is 19.1. The van der Waals surface area contributed by atoms with E-state index in [1.807, 2.05) is 13.0 Å². The molecule has 1 saturated carbocycles. The van der Waals surface area contributed by atoms with Gasteiger partial charge in [-0.25, -0.2) is 4.79 Å². The summed E-state index contributed by atoms with van der Waals surface area (Å²) in [6.45, 7) is 2.34. The molecule has 0 unspecified atom stereocenters. The van der Waals surface area contributed by atoms with Gasteiger partial charge in [0, 0.05) is 11.6 Å². The first-order valence-corrected chi connectivity index (χ1v) is 9.40. The Morgan fingerprint density at radius 3 is 2.69 bits per heavy atom. The van der Waals surface area contributed by atoms with E-state index in [4.69, 9.17) is 23.4 Å². The second-order valence-corrected chi connectivity index (χ2v) is 7.24. The molecule has 29 heavy (non-hydrogen) atoms. The monoisotopic (exact) mass is 398 g/mol. The largest absolute Gasteiger partial charge is 0.493 e. The molecule has 2 aromatic rings. The molecule has 0 bridgehead atoms. The van der Waals surface area contributed by atoms with Crippen molar-refractivity contribution in [1.29, 1.82) is 0 Å². The molecule has 2 heterocycles. The van der Waals surface area contributed by atoms with Crippen LogP contribution in [-0.4, -0.2) is 32.4 Å². The van der Waals surface area contributed by atoms with Gasteiger partial charge in [0.1, 0.15) is 23.2 Å². The highest BCUT2D eigenvalue weighted by molar-refractivity contribution is 5.69. The molecule has 2 atom stereocenters. The number of methoxy groups -OCH3 is 2. The fourth-order valence-corrected chi connectivity index (χ4v) is 4.05. The van der Waals surface area contributed by atoms with Gasteiger partial charge in [-0.2, -0.15) is 0 Å². The lowest BCUT2D eigenvalue weighted by atomic mass is 9.77. The Bertz CT molecular complexity index is 1040. The Balaban J connectivity index is 1.79. The van der Waals surface area contributed by atoms with Gasteiger partial charge in [-0.05, 0) is 56.0 Å². The van der Waals surface area contributed by atoms with Gasteiger partial charge < -0.3 is 23.4 Å². The minimum absolute atomic E-state index is 0.346. The van der Waals surface area contributed by atoms with Crippen molar-refractivity contribution in [1.82, 2.24) is 0 Å². The zero-order valence-corrected chi connectivity index (χ0v) is 16.5. The van der Waals surface area contributed by atoms with Crippen molar-refractivity contribution in [3.05, 3.63) is 45.8 Å².